The number of carbonyl (C=O) groups is 1. The number of Topliss-reactive ketones (excluding diaryl/α,β-unsaturated/α-hetero) is 1. The van der Waals surface area contributed by atoms with Gasteiger partial charge in [0.05, 0.1) is 11.5 Å². The molecule has 0 aromatic heterocycles. The number of carbonyl (C=O) groups excluding carboxylic acids is 1. The van der Waals surface area contributed by atoms with Gasteiger partial charge in [0.25, 0.3) is 0 Å². The molecule has 4 rings (SSSR count). The summed E-state index contributed by atoms with van der Waals surface area (Å²) in [5, 5.41) is 0. The standard InChI is InChI=1S/C19H23Cl2NO4S/c1-17(2)15-6-7-18(17,16(23)19(15,20)21)11-13-4-3-5-14(10-13)27(24,25)22-8-9-26-12-22/h3-5,10,15H,6-9,11-12H2,1-2H3. The van der Waals surface area contributed by atoms with Crippen LogP contribution in [0.15, 0.2) is 29.2 Å². The van der Waals surface area contributed by atoms with E-state index in [4.69, 9.17) is 27.9 Å². The van der Waals surface area contributed by atoms with E-state index in [1.807, 2.05) is 6.07 Å². The fourth-order valence-electron chi connectivity index (χ4n) is 5.22. The smallest absolute Gasteiger partial charge is 0.245 e. The number of ether oxygens (including phenoxy) is 1. The molecule has 2 atom stereocenters. The first kappa shape index (κ1) is 19.6. The van der Waals surface area contributed by atoms with Crippen molar-refractivity contribution in [1.82, 2.24) is 4.31 Å². The Morgan fingerprint density at radius 3 is 2.63 bits per heavy atom. The fourth-order valence-corrected chi connectivity index (χ4v) is 7.72. The predicted molar refractivity (Wildman–Crippen MR) is 103 cm³/mol. The van der Waals surface area contributed by atoms with E-state index < -0.39 is 19.8 Å². The third-order valence-electron chi connectivity index (χ3n) is 6.90. The summed E-state index contributed by atoms with van der Waals surface area (Å²) in [6.07, 6.45) is 1.97. The van der Waals surface area contributed by atoms with Crippen molar-refractivity contribution < 1.29 is 17.9 Å². The Labute approximate surface area is 170 Å². The molecule has 2 aliphatic carbocycles. The van der Waals surface area contributed by atoms with E-state index in [1.54, 1.807) is 18.2 Å². The summed E-state index contributed by atoms with van der Waals surface area (Å²) in [4.78, 5) is 13.3. The number of hydrogen-bond donors (Lipinski definition) is 0. The van der Waals surface area contributed by atoms with Crippen molar-refractivity contribution in [2.24, 2.45) is 16.7 Å². The average molecular weight is 432 g/mol. The number of sulfonamides is 1. The molecule has 1 aromatic carbocycles. The highest BCUT2D eigenvalue weighted by molar-refractivity contribution is 7.89. The molecule has 27 heavy (non-hydrogen) atoms. The lowest BCUT2D eigenvalue weighted by molar-refractivity contribution is -0.129. The van der Waals surface area contributed by atoms with Crippen molar-refractivity contribution in [2.45, 2.75) is 42.3 Å². The van der Waals surface area contributed by atoms with Crippen LogP contribution in [0.5, 0.6) is 0 Å². The monoisotopic (exact) mass is 431 g/mol. The summed E-state index contributed by atoms with van der Waals surface area (Å²) < 4.78 is 30.8. The maximum atomic E-state index is 13.1. The maximum absolute atomic E-state index is 13.1. The van der Waals surface area contributed by atoms with Crippen molar-refractivity contribution in [3.05, 3.63) is 29.8 Å². The van der Waals surface area contributed by atoms with Crippen LogP contribution in [0.25, 0.3) is 0 Å². The van der Waals surface area contributed by atoms with Crippen molar-refractivity contribution in [3.8, 4) is 0 Å². The first-order valence-corrected chi connectivity index (χ1v) is 11.3. The van der Waals surface area contributed by atoms with E-state index in [0.717, 1.165) is 18.4 Å². The summed E-state index contributed by atoms with van der Waals surface area (Å²) in [6.45, 7) is 4.93. The number of hydrogen-bond acceptors (Lipinski definition) is 4. The lowest BCUT2D eigenvalue weighted by atomic mass is 9.66. The Hall–Kier alpha value is -0.660. The lowest BCUT2D eigenvalue weighted by Gasteiger charge is -2.36. The van der Waals surface area contributed by atoms with Crippen LogP contribution in [0.3, 0.4) is 0 Å². The highest BCUT2D eigenvalue weighted by Gasteiger charge is 2.74. The molecule has 0 N–H and O–H groups in total. The molecular weight excluding hydrogens is 409 g/mol. The summed E-state index contributed by atoms with van der Waals surface area (Å²) in [7, 11) is -3.60. The molecule has 1 saturated heterocycles. The number of fused-ring (bicyclic) bond motifs is 2. The number of nitrogens with zero attached hydrogens (tertiary/aromatic N) is 1. The normalized spacial score (nSPS) is 32.3. The van der Waals surface area contributed by atoms with Gasteiger partial charge in [0.1, 0.15) is 6.73 Å². The molecule has 2 unspecified atom stereocenters. The molecule has 1 heterocycles. The van der Waals surface area contributed by atoms with Crippen LogP contribution >= 0.6 is 23.2 Å². The van der Waals surface area contributed by atoms with Crippen LogP contribution in [0.4, 0.5) is 0 Å². The molecule has 1 aliphatic heterocycles. The van der Waals surface area contributed by atoms with Gasteiger partial charge in [-0.3, -0.25) is 4.79 Å². The van der Waals surface area contributed by atoms with Crippen LogP contribution in [-0.4, -0.2) is 42.7 Å². The van der Waals surface area contributed by atoms with Crippen LogP contribution in [-0.2, 0) is 26.0 Å². The fraction of sp³-hybridized carbons (Fsp3) is 0.632. The molecule has 5 nitrogen and oxygen atoms in total. The topological polar surface area (TPSA) is 63.7 Å². The van der Waals surface area contributed by atoms with Gasteiger partial charge < -0.3 is 4.74 Å². The molecule has 8 heteroatoms. The minimum atomic E-state index is -3.60. The van der Waals surface area contributed by atoms with E-state index in [1.165, 1.54) is 4.31 Å². The largest absolute Gasteiger partial charge is 0.364 e. The molecular formula is C19H23Cl2NO4S. The van der Waals surface area contributed by atoms with Gasteiger partial charge in [-0.25, -0.2) is 8.42 Å². The van der Waals surface area contributed by atoms with E-state index >= 15 is 0 Å². The molecule has 0 spiro atoms. The van der Waals surface area contributed by atoms with Gasteiger partial charge in [0.15, 0.2) is 10.1 Å². The number of halogens is 2. The average Bonchev–Trinajstić information content (AvgIpc) is 3.24. The highest BCUT2D eigenvalue weighted by Crippen LogP contribution is 2.71. The first-order valence-electron chi connectivity index (χ1n) is 9.13. The Morgan fingerprint density at radius 2 is 2.04 bits per heavy atom. The summed E-state index contributed by atoms with van der Waals surface area (Å²) in [5.74, 6) is -0.213. The zero-order chi connectivity index (χ0) is 19.7. The highest BCUT2D eigenvalue weighted by atomic mass is 35.5. The second-order valence-corrected chi connectivity index (χ2v) is 11.7. The molecule has 0 radical (unpaired) electrons. The minimum Gasteiger partial charge on any atom is -0.364 e. The Kier molecular flexibility index (Phi) is 4.49. The zero-order valence-corrected chi connectivity index (χ0v) is 17.7. The Morgan fingerprint density at radius 1 is 1.30 bits per heavy atom. The molecule has 0 amide bonds. The number of ketones is 1. The van der Waals surface area contributed by atoms with Crippen molar-refractivity contribution in [1.29, 1.82) is 0 Å². The van der Waals surface area contributed by atoms with Crippen molar-refractivity contribution >= 4 is 39.0 Å². The molecule has 2 saturated carbocycles. The minimum absolute atomic E-state index is 0.0741. The van der Waals surface area contributed by atoms with Gasteiger partial charge in [-0.1, -0.05) is 49.2 Å². The van der Waals surface area contributed by atoms with Crippen LogP contribution in [0.2, 0.25) is 0 Å². The van der Waals surface area contributed by atoms with Gasteiger partial charge >= 0.3 is 0 Å². The number of alkyl halides is 2. The SMILES string of the molecule is CC1(C)C2CCC1(Cc1cccc(S(=O)(=O)N3CCOC3)c1)C(=O)C2(Cl)Cl. The van der Waals surface area contributed by atoms with Gasteiger partial charge in [0.2, 0.25) is 10.0 Å². The summed E-state index contributed by atoms with van der Waals surface area (Å²) in [6, 6.07) is 6.85. The van der Waals surface area contributed by atoms with Crippen LogP contribution in [0, 0.1) is 16.7 Å². The first-order chi connectivity index (χ1) is 12.5. The second-order valence-electron chi connectivity index (χ2n) is 8.39. The lowest BCUT2D eigenvalue weighted by Crippen LogP contribution is -2.41. The molecule has 3 fully saturated rings. The number of benzene rings is 1. The Balaban J connectivity index is 1.69. The quantitative estimate of drug-likeness (QED) is 0.685. The number of rotatable bonds is 4. The van der Waals surface area contributed by atoms with Crippen molar-refractivity contribution in [3.63, 3.8) is 0 Å². The van der Waals surface area contributed by atoms with Gasteiger partial charge in [0, 0.05) is 17.9 Å². The summed E-state index contributed by atoms with van der Waals surface area (Å²) in [5.41, 5.74) is -0.199. The second kappa shape index (κ2) is 6.17. The van der Waals surface area contributed by atoms with E-state index in [9.17, 15) is 13.2 Å². The molecule has 2 bridgehead atoms. The third kappa shape index (κ3) is 2.64. The van der Waals surface area contributed by atoms with Gasteiger partial charge in [-0.15, -0.1) is 0 Å². The molecule has 3 aliphatic rings. The van der Waals surface area contributed by atoms with E-state index in [0.29, 0.717) is 19.6 Å². The molecule has 148 valence electrons. The third-order valence-corrected chi connectivity index (χ3v) is 9.59. The maximum Gasteiger partial charge on any atom is 0.245 e. The Bertz CT molecular complexity index is 893. The van der Waals surface area contributed by atoms with Gasteiger partial charge in [-0.2, -0.15) is 4.31 Å². The van der Waals surface area contributed by atoms with Crippen molar-refractivity contribution in [2.75, 3.05) is 19.9 Å². The predicted octanol–water partition coefficient (Wildman–Crippen LogP) is 3.39. The zero-order valence-electron chi connectivity index (χ0n) is 15.4. The van der Waals surface area contributed by atoms with Crippen LogP contribution in [0.1, 0.15) is 32.3 Å². The van der Waals surface area contributed by atoms with E-state index in [-0.39, 0.29) is 28.7 Å². The summed E-state index contributed by atoms with van der Waals surface area (Å²) >= 11 is 12.9. The van der Waals surface area contributed by atoms with E-state index in [2.05, 4.69) is 13.8 Å². The molecule has 1 aromatic rings. The van der Waals surface area contributed by atoms with Gasteiger partial charge in [-0.05, 0) is 42.4 Å². The van der Waals surface area contributed by atoms with Crippen LogP contribution < -0.4 is 0 Å².